The van der Waals surface area contributed by atoms with Crippen LogP contribution < -0.4 is 5.73 Å². The van der Waals surface area contributed by atoms with Gasteiger partial charge in [-0.3, -0.25) is 0 Å². The molecule has 0 aromatic carbocycles. The topological polar surface area (TPSA) is 89.3 Å². The van der Waals surface area contributed by atoms with Crippen molar-refractivity contribution in [2.45, 2.75) is 0 Å². The standard InChI is InChI=1S/C8H6N2O3S/c9-8-10-5(7(11)12)6(13-8)4-2-1-3-14-4/h1-3H,(H2,9,10)(H,11,12). The molecule has 2 heterocycles. The number of oxazole rings is 1. The van der Waals surface area contributed by atoms with Crippen molar-refractivity contribution in [3.63, 3.8) is 0 Å². The van der Waals surface area contributed by atoms with E-state index in [4.69, 9.17) is 15.3 Å². The molecule has 0 aliphatic rings. The summed E-state index contributed by atoms with van der Waals surface area (Å²) < 4.78 is 5.02. The fourth-order valence-corrected chi connectivity index (χ4v) is 1.76. The number of nitrogen functional groups attached to an aromatic ring is 1. The Labute approximate surface area is 82.8 Å². The van der Waals surface area contributed by atoms with E-state index in [0.717, 1.165) is 0 Å². The normalized spacial score (nSPS) is 10.3. The second-order valence-electron chi connectivity index (χ2n) is 2.51. The number of anilines is 1. The molecule has 0 saturated carbocycles. The average molecular weight is 210 g/mol. The van der Waals surface area contributed by atoms with E-state index in [1.807, 2.05) is 5.38 Å². The number of aromatic nitrogens is 1. The van der Waals surface area contributed by atoms with E-state index in [2.05, 4.69) is 4.98 Å². The summed E-state index contributed by atoms with van der Waals surface area (Å²) in [4.78, 5) is 15.0. The first-order valence-electron chi connectivity index (χ1n) is 3.72. The maximum Gasteiger partial charge on any atom is 0.358 e. The third-order valence-corrected chi connectivity index (χ3v) is 2.46. The Hall–Kier alpha value is -1.82. The highest BCUT2D eigenvalue weighted by Gasteiger charge is 2.20. The van der Waals surface area contributed by atoms with Gasteiger partial charge in [-0.2, -0.15) is 4.98 Å². The smallest absolute Gasteiger partial charge is 0.358 e. The monoisotopic (exact) mass is 210 g/mol. The maximum absolute atomic E-state index is 10.8. The first-order valence-corrected chi connectivity index (χ1v) is 4.60. The van der Waals surface area contributed by atoms with Gasteiger partial charge in [0.15, 0.2) is 11.5 Å². The van der Waals surface area contributed by atoms with Crippen molar-refractivity contribution < 1.29 is 14.3 Å². The molecular formula is C8H6N2O3S. The summed E-state index contributed by atoms with van der Waals surface area (Å²) >= 11 is 1.37. The van der Waals surface area contributed by atoms with Gasteiger partial charge in [-0.15, -0.1) is 11.3 Å². The highest BCUT2D eigenvalue weighted by atomic mass is 32.1. The molecule has 0 spiro atoms. The van der Waals surface area contributed by atoms with E-state index in [1.165, 1.54) is 11.3 Å². The first kappa shape index (κ1) is 8.76. The van der Waals surface area contributed by atoms with Gasteiger partial charge in [-0.1, -0.05) is 6.07 Å². The van der Waals surface area contributed by atoms with Gasteiger partial charge in [-0.05, 0) is 11.4 Å². The van der Waals surface area contributed by atoms with E-state index in [1.54, 1.807) is 12.1 Å². The Kier molecular flexibility index (Phi) is 1.97. The van der Waals surface area contributed by atoms with Gasteiger partial charge in [0, 0.05) is 0 Å². The fourth-order valence-electron chi connectivity index (χ4n) is 1.06. The van der Waals surface area contributed by atoms with Gasteiger partial charge in [-0.25, -0.2) is 4.79 Å². The fraction of sp³-hybridized carbons (Fsp3) is 0. The van der Waals surface area contributed by atoms with Crippen molar-refractivity contribution >= 4 is 23.3 Å². The third kappa shape index (κ3) is 1.35. The number of hydrogen-bond donors (Lipinski definition) is 2. The van der Waals surface area contributed by atoms with E-state index >= 15 is 0 Å². The third-order valence-electron chi connectivity index (χ3n) is 1.59. The van der Waals surface area contributed by atoms with E-state index in [-0.39, 0.29) is 17.5 Å². The van der Waals surface area contributed by atoms with Gasteiger partial charge in [0.25, 0.3) is 6.01 Å². The van der Waals surface area contributed by atoms with Crippen LogP contribution >= 0.6 is 11.3 Å². The van der Waals surface area contributed by atoms with Gasteiger partial charge in [0.2, 0.25) is 0 Å². The number of carboxylic acids is 1. The molecule has 3 N–H and O–H groups in total. The minimum Gasteiger partial charge on any atom is -0.476 e. The highest BCUT2D eigenvalue weighted by molar-refractivity contribution is 7.13. The zero-order chi connectivity index (χ0) is 10.1. The quantitative estimate of drug-likeness (QED) is 0.787. The molecule has 0 atom stereocenters. The summed E-state index contributed by atoms with van der Waals surface area (Å²) in [6.45, 7) is 0. The summed E-state index contributed by atoms with van der Waals surface area (Å²) in [6, 6.07) is 3.41. The molecule has 0 fully saturated rings. The Morgan fingerprint density at radius 2 is 2.43 bits per heavy atom. The number of nitrogens with zero attached hydrogens (tertiary/aromatic N) is 1. The number of aromatic carboxylic acids is 1. The zero-order valence-corrected chi connectivity index (χ0v) is 7.75. The zero-order valence-electron chi connectivity index (χ0n) is 6.93. The predicted octanol–water partition coefficient (Wildman–Crippen LogP) is 1.68. The predicted molar refractivity (Wildman–Crippen MR) is 51.2 cm³/mol. The van der Waals surface area contributed by atoms with E-state index in [9.17, 15) is 4.79 Å². The Bertz CT molecular complexity index is 461. The average Bonchev–Trinajstić information content (AvgIpc) is 2.70. The lowest BCUT2D eigenvalue weighted by atomic mass is 10.3. The first-order chi connectivity index (χ1) is 6.68. The molecule has 0 radical (unpaired) electrons. The maximum atomic E-state index is 10.8. The van der Waals surface area contributed by atoms with Gasteiger partial charge in [0.05, 0.1) is 4.88 Å². The second kappa shape index (κ2) is 3.15. The van der Waals surface area contributed by atoms with Crippen LogP contribution in [0.2, 0.25) is 0 Å². The van der Waals surface area contributed by atoms with Crippen LogP contribution in [-0.2, 0) is 0 Å². The number of carbonyl (C=O) groups is 1. The number of rotatable bonds is 2. The van der Waals surface area contributed by atoms with Gasteiger partial charge in [0.1, 0.15) is 0 Å². The minimum absolute atomic E-state index is 0.134. The molecular weight excluding hydrogens is 204 g/mol. The largest absolute Gasteiger partial charge is 0.476 e. The van der Waals surface area contributed by atoms with E-state index in [0.29, 0.717) is 4.88 Å². The van der Waals surface area contributed by atoms with Crippen LogP contribution in [0.3, 0.4) is 0 Å². The van der Waals surface area contributed by atoms with Crippen molar-refractivity contribution in [2.24, 2.45) is 0 Å². The molecule has 2 rings (SSSR count). The van der Waals surface area contributed by atoms with Crippen molar-refractivity contribution in [3.05, 3.63) is 23.2 Å². The number of thiophene rings is 1. The van der Waals surface area contributed by atoms with Crippen molar-refractivity contribution in [1.82, 2.24) is 4.98 Å². The molecule has 72 valence electrons. The van der Waals surface area contributed by atoms with Gasteiger partial charge < -0.3 is 15.3 Å². The Morgan fingerprint density at radius 1 is 1.64 bits per heavy atom. The molecule has 0 bridgehead atoms. The van der Waals surface area contributed by atoms with Crippen LogP contribution in [-0.4, -0.2) is 16.1 Å². The van der Waals surface area contributed by atoms with Gasteiger partial charge >= 0.3 is 5.97 Å². The van der Waals surface area contributed by atoms with Crippen molar-refractivity contribution in [1.29, 1.82) is 0 Å². The molecule has 2 aromatic rings. The van der Waals surface area contributed by atoms with Crippen LogP contribution in [0.5, 0.6) is 0 Å². The van der Waals surface area contributed by atoms with Crippen LogP contribution in [0.25, 0.3) is 10.6 Å². The molecule has 0 aliphatic carbocycles. The minimum atomic E-state index is -1.14. The highest BCUT2D eigenvalue weighted by Crippen LogP contribution is 2.29. The lowest BCUT2D eigenvalue weighted by molar-refractivity contribution is 0.0691. The molecule has 2 aromatic heterocycles. The van der Waals surface area contributed by atoms with Crippen molar-refractivity contribution in [3.8, 4) is 10.6 Å². The Morgan fingerprint density at radius 3 is 3.00 bits per heavy atom. The Balaban J connectivity index is 2.58. The lowest BCUT2D eigenvalue weighted by Crippen LogP contribution is -1.98. The van der Waals surface area contributed by atoms with Crippen LogP contribution in [0.4, 0.5) is 6.01 Å². The summed E-state index contributed by atoms with van der Waals surface area (Å²) in [6.07, 6.45) is 0. The van der Waals surface area contributed by atoms with Crippen LogP contribution in [0, 0.1) is 0 Å². The summed E-state index contributed by atoms with van der Waals surface area (Å²) in [5, 5.41) is 10.6. The second-order valence-corrected chi connectivity index (χ2v) is 3.46. The molecule has 0 amide bonds. The summed E-state index contributed by atoms with van der Waals surface area (Å²) in [5.41, 5.74) is 5.14. The summed E-state index contributed by atoms with van der Waals surface area (Å²) in [7, 11) is 0. The molecule has 14 heavy (non-hydrogen) atoms. The molecule has 6 heteroatoms. The number of nitrogens with two attached hydrogens (primary N) is 1. The summed E-state index contributed by atoms with van der Waals surface area (Å²) in [5.74, 6) is -0.932. The van der Waals surface area contributed by atoms with Crippen molar-refractivity contribution in [2.75, 3.05) is 5.73 Å². The SMILES string of the molecule is Nc1nc(C(=O)O)c(-c2cccs2)o1. The molecule has 0 saturated heterocycles. The number of hydrogen-bond acceptors (Lipinski definition) is 5. The molecule has 0 aliphatic heterocycles. The molecule has 5 nitrogen and oxygen atoms in total. The van der Waals surface area contributed by atoms with Crippen LogP contribution in [0.1, 0.15) is 10.5 Å². The lowest BCUT2D eigenvalue weighted by Gasteiger charge is -1.90. The molecule has 0 unspecified atom stereocenters. The number of carboxylic acid groups (broad SMARTS) is 1. The van der Waals surface area contributed by atoms with Crippen LogP contribution in [0.15, 0.2) is 21.9 Å². The van der Waals surface area contributed by atoms with E-state index < -0.39 is 5.97 Å².